The van der Waals surface area contributed by atoms with Gasteiger partial charge in [-0.15, -0.1) is 0 Å². The van der Waals surface area contributed by atoms with Gasteiger partial charge in [-0.1, -0.05) is 51.0 Å². The Balaban J connectivity index is 1.78. The number of methoxy groups -OCH3 is 1. The van der Waals surface area contributed by atoms with Crippen molar-refractivity contribution in [2.24, 2.45) is 5.41 Å². The minimum atomic E-state index is -4.49. The van der Waals surface area contributed by atoms with Crippen molar-refractivity contribution in [2.45, 2.75) is 70.6 Å². The Morgan fingerprint density at radius 2 is 1.66 bits per heavy atom. The molecule has 1 aromatic heterocycles. The van der Waals surface area contributed by atoms with Crippen LogP contribution in [-0.2, 0) is 12.6 Å². The number of ketones is 1. The number of carbonyl (C=O) groups is 1. The Hall–Kier alpha value is -3.19. The number of aromatic nitrogens is 1. The topological polar surface area (TPSA) is 59.4 Å². The number of pyridine rings is 1. The summed E-state index contributed by atoms with van der Waals surface area (Å²) in [5.74, 6) is 0.358. The first-order chi connectivity index (χ1) is 18.0. The minimum absolute atomic E-state index is 0.0767. The third-order valence-corrected chi connectivity index (χ3v) is 7.89. The van der Waals surface area contributed by atoms with Crippen LogP contribution in [0.1, 0.15) is 96.4 Å². The van der Waals surface area contributed by atoms with E-state index >= 15 is 0 Å². The van der Waals surface area contributed by atoms with E-state index in [1.54, 1.807) is 7.11 Å². The maximum atomic E-state index is 14.2. The first-order valence-corrected chi connectivity index (χ1v) is 13.1. The van der Waals surface area contributed by atoms with Gasteiger partial charge in [0.25, 0.3) is 0 Å². The molecular formula is C31H32F3NO3. The third kappa shape index (κ3) is 4.96. The van der Waals surface area contributed by atoms with Crippen molar-refractivity contribution < 1.29 is 27.8 Å². The van der Waals surface area contributed by atoms with E-state index in [1.807, 2.05) is 24.3 Å². The molecule has 4 nitrogen and oxygen atoms in total. The van der Waals surface area contributed by atoms with Crippen LogP contribution >= 0.6 is 0 Å². The standard InChI is InChI=1S/C31H32F3NO3/c1-30(2)16-23-26(24(36)17-30)25(18-10-14-22(38-3)15-11-18)27(28(35-23)19-6-4-5-7-19)29(37)20-8-12-21(13-9-20)31(32,33)34/h8-15,19,24,36H,4-7,16-17H2,1-3H3/t24-/m0/s1. The number of rotatable bonds is 5. The first-order valence-electron chi connectivity index (χ1n) is 13.1. The number of halogens is 3. The lowest BCUT2D eigenvalue weighted by Gasteiger charge is -2.37. The Morgan fingerprint density at radius 3 is 2.24 bits per heavy atom. The smallest absolute Gasteiger partial charge is 0.416 e. The summed E-state index contributed by atoms with van der Waals surface area (Å²) in [7, 11) is 1.58. The van der Waals surface area contributed by atoms with Crippen molar-refractivity contribution in [1.82, 2.24) is 4.98 Å². The highest BCUT2D eigenvalue weighted by Gasteiger charge is 2.39. The summed E-state index contributed by atoms with van der Waals surface area (Å²) in [4.78, 5) is 19.3. The van der Waals surface area contributed by atoms with Crippen molar-refractivity contribution in [3.05, 3.63) is 82.2 Å². The number of hydrogen-bond acceptors (Lipinski definition) is 4. The molecule has 3 aromatic rings. The molecule has 0 amide bonds. The van der Waals surface area contributed by atoms with E-state index in [-0.39, 0.29) is 22.7 Å². The average Bonchev–Trinajstić information content (AvgIpc) is 3.41. The van der Waals surface area contributed by atoms with Gasteiger partial charge in [-0.25, -0.2) is 0 Å². The fraction of sp³-hybridized carbons (Fsp3) is 0.419. The van der Waals surface area contributed by atoms with Crippen LogP contribution in [0.15, 0.2) is 48.5 Å². The molecular weight excluding hydrogens is 491 g/mol. The monoisotopic (exact) mass is 523 g/mol. The van der Waals surface area contributed by atoms with Crippen molar-refractivity contribution in [3.63, 3.8) is 0 Å². The number of carbonyl (C=O) groups excluding carboxylic acids is 1. The van der Waals surface area contributed by atoms with E-state index in [0.29, 0.717) is 41.0 Å². The lowest BCUT2D eigenvalue weighted by Crippen LogP contribution is -2.29. The molecule has 1 atom stereocenters. The van der Waals surface area contributed by atoms with Crippen molar-refractivity contribution in [1.29, 1.82) is 0 Å². The minimum Gasteiger partial charge on any atom is -0.497 e. The second-order valence-corrected chi connectivity index (χ2v) is 11.3. The summed E-state index contributed by atoms with van der Waals surface area (Å²) in [5, 5.41) is 11.4. The van der Waals surface area contributed by atoms with Crippen LogP contribution in [0.25, 0.3) is 11.1 Å². The molecule has 7 heteroatoms. The average molecular weight is 524 g/mol. The summed E-state index contributed by atoms with van der Waals surface area (Å²) < 4.78 is 45.0. The van der Waals surface area contributed by atoms with Gasteiger partial charge < -0.3 is 9.84 Å². The molecule has 1 fully saturated rings. The largest absolute Gasteiger partial charge is 0.497 e. The Labute approximate surface area is 220 Å². The maximum Gasteiger partial charge on any atom is 0.416 e. The fourth-order valence-electron chi connectivity index (χ4n) is 6.05. The summed E-state index contributed by atoms with van der Waals surface area (Å²) in [6.45, 7) is 4.20. The molecule has 1 heterocycles. The highest BCUT2D eigenvalue weighted by atomic mass is 19.4. The summed E-state index contributed by atoms with van der Waals surface area (Å²) in [6.07, 6.45) is -0.282. The van der Waals surface area contributed by atoms with Crippen LogP contribution in [0.5, 0.6) is 5.75 Å². The van der Waals surface area contributed by atoms with E-state index < -0.39 is 17.8 Å². The zero-order valence-corrected chi connectivity index (χ0v) is 21.9. The number of hydrogen-bond donors (Lipinski definition) is 1. The van der Waals surface area contributed by atoms with Gasteiger partial charge in [-0.05, 0) is 60.9 Å². The van der Waals surface area contributed by atoms with Gasteiger partial charge in [0.15, 0.2) is 5.78 Å². The van der Waals surface area contributed by atoms with Crippen molar-refractivity contribution in [3.8, 4) is 16.9 Å². The molecule has 0 spiro atoms. The predicted octanol–water partition coefficient (Wildman–Crippen LogP) is 7.67. The number of alkyl halides is 3. The van der Waals surface area contributed by atoms with Gasteiger partial charge in [0.2, 0.25) is 0 Å². The van der Waals surface area contributed by atoms with Crippen LogP contribution in [0, 0.1) is 5.41 Å². The lowest BCUT2D eigenvalue weighted by molar-refractivity contribution is -0.137. The van der Waals surface area contributed by atoms with Gasteiger partial charge in [0, 0.05) is 28.3 Å². The van der Waals surface area contributed by atoms with E-state index in [0.717, 1.165) is 49.1 Å². The second-order valence-electron chi connectivity index (χ2n) is 11.3. The molecule has 0 radical (unpaired) electrons. The lowest BCUT2D eigenvalue weighted by atomic mass is 9.71. The van der Waals surface area contributed by atoms with E-state index in [4.69, 9.17) is 9.72 Å². The molecule has 0 aliphatic heterocycles. The number of ether oxygens (including phenoxy) is 1. The molecule has 2 aliphatic carbocycles. The van der Waals surface area contributed by atoms with Crippen molar-refractivity contribution >= 4 is 5.78 Å². The van der Waals surface area contributed by atoms with Crippen LogP contribution in [0.2, 0.25) is 0 Å². The molecule has 0 bridgehead atoms. The molecule has 0 unspecified atom stereocenters. The summed E-state index contributed by atoms with van der Waals surface area (Å²) in [5.41, 5.74) is 3.10. The van der Waals surface area contributed by atoms with Crippen LogP contribution in [0.3, 0.4) is 0 Å². The SMILES string of the molecule is COc1ccc(-c2c(C(=O)c3ccc(C(F)(F)F)cc3)c(C3CCCC3)nc3c2[C@@H](O)CC(C)(C)C3)cc1. The molecule has 200 valence electrons. The van der Waals surface area contributed by atoms with E-state index in [9.17, 15) is 23.1 Å². The zero-order chi connectivity index (χ0) is 27.2. The molecule has 1 saturated carbocycles. The van der Waals surface area contributed by atoms with Gasteiger partial charge in [0.05, 0.1) is 30.0 Å². The molecule has 2 aliphatic rings. The normalized spacial score (nSPS) is 19.3. The number of benzene rings is 2. The number of fused-ring (bicyclic) bond motifs is 1. The van der Waals surface area contributed by atoms with Crippen molar-refractivity contribution in [2.75, 3.05) is 7.11 Å². The van der Waals surface area contributed by atoms with Gasteiger partial charge >= 0.3 is 6.18 Å². The van der Waals surface area contributed by atoms with Gasteiger partial charge in [0.1, 0.15) is 5.75 Å². The quantitative estimate of drug-likeness (QED) is 0.349. The first kappa shape index (κ1) is 26.4. The Kier molecular flexibility index (Phi) is 6.84. The molecule has 0 saturated heterocycles. The third-order valence-electron chi connectivity index (χ3n) is 7.89. The van der Waals surface area contributed by atoms with Gasteiger partial charge in [-0.2, -0.15) is 13.2 Å². The second kappa shape index (κ2) is 9.84. The van der Waals surface area contributed by atoms with Gasteiger partial charge in [-0.3, -0.25) is 9.78 Å². The predicted molar refractivity (Wildman–Crippen MR) is 139 cm³/mol. The highest BCUT2D eigenvalue weighted by molar-refractivity contribution is 6.14. The number of aliphatic hydroxyl groups is 1. The summed E-state index contributed by atoms with van der Waals surface area (Å²) in [6, 6.07) is 11.7. The highest BCUT2D eigenvalue weighted by Crippen LogP contribution is 2.48. The van der Waals surface area contributed by atoms with Crippen LogP contribution in [0.4, 0.5) is 13.2 Å². The van der Waals surface area contributed by atoms with E-state index in [1.165, 1.54) is 12.1 Å². The zero-order valence-electron chi connectivity index (χ0n) is 21.9. The van der Waals surface area contributed by atoms with E-state index in [2.05, 4.69) is 13.8 Å². The fourth-order valence-corrected chi connectivity index (χ4v) is 6.05. The Morgan fingerprint density at radius 1 is 1.03 bits per heavy atom. The van der Waals surface area contributed by atoms with Crippen LogP contribution < -0.4 is 4.74 Å². The van der Waals surface area contributed by atoms with Crippen LogP contribution in [-0.4, -0.2) is 23.0 Å². The molecule has 2 aromatic carbocycles. The maximum absolute atomic E-state index is 14.2. The molecule has 5 rings (SSSR count). The molecule has 1 N–H and O–H groups in total. The molecule has 38 heavy (non-hydrogen) atoms. The summed E-state index contributed by atoms with van der Waals surface area (Å²) >= 11 is 0. The number of aliphatic hydroxyl groups excluding tert-OH is 1. The Bertz CT molecular complexity index is 1340. The number of nitrogens with zero attached hydrogens (tertiary/aromatic N) is 1.